The molecule has 0 fully saturated rings. The third kappa shape index (κ3) is 4.80. The number of halogens is 4. The van der Waals surface area contributed by atoms with Gasteiger partial charge in [0.05, 0.1) is 12.2 Å². The van der Waals surface area contributed by atoms with E-state index >= 15 is 0 Å². The largest absolute Gasteiger partial charge is 0.463 e. The van der Waals surface area contributed by atoms with Crippen LogP contribution in [0, 0.1) is 23.1 Å². The van der Waals surface area contributed by atoms with Gasteiger partial charge in [-0.3, -0.25) is 4.79 Å². The van der Waals surface area contributed by atoms with Crippen molar-refractivity contribution in [1.29, 1.82) is 5.26 Å². The molecule has 2 atom stereocenters. The number of nitriles is 1. The maximum atomic E-state index is 14.4. The summed E-state index contributed by atoms with van der Waals surface area (Å²) in [7, 11) is 0. The van der Waals surface area contributed by atoms with E-state index in [1.54, 1.807) is 5.32 Å². The molecule has 6 nitrogen and oxygen atoms in total. The van der Waals surface area contributed by atoms with E-state index < -0.39 is 29.5 Å². The number of fused-ring (bicyclic) bond motifs is 1. The van der Waals surface area contributed by atoms with Crippen molar-refractivity contribution in [2.45, 2.75) is 44.9 Å². The summed E-state index contributed by atoms with van der Waals surface area (Å²) >= 11 is 0.951. The van der Waals surface area contributed by atoms with Gasteiger partial charge in [0, 0.05) is 10.4 Å². The highest BCUT2D eigenvalue weighted by Gasteiger charge is 2.64. The lowest BCUT2D eigenvalue weighted by molar-refractivity contribution is -0.204. The van der Waals surface area contributed by atoms with Crippen LogP contribution in [0.15, 0.2) is 24.3 Å². The Labute approximate surface area is 191 Å². The summed E-state index contributed by atoms with van der Waals surface area (Å²) in [5, 5.41) is 13.3. The molecular formula is C22H21F4N3O3S. The van der Waals surface area contributed by atoms with Crippen LogP contribution in [0.1, 0.15) is 46.6 Å². The number of benzene rings is 1. The summed E-state index contributed by atoms with van der Waals surface area (Å²) < 4.78 is 61.2. The fourth-order valence-electron chi connectivity index (χ4n) is 3.60. The molecule has 33 heavy (non-hydrogen) atoms. The van der Waals surface area contributed by atoms with Crippen molar-refractivity contribution in [3.05, 3.63) is 51.7 Å². The molecule has 2 N–H and O–H groups in total. The third-order valence-corrected chi connectivity index (χ3v) is 6.51. The first kappa shape index (κ1) is 24.5. The average molecular weight is 483 g/mol. The monoisotopic (exact) mass is 483 g/mol. The van der Waals surface area contributed by atoms with Crippen LogP contribution in [0.4, 0.5) is 22.6 Å². The Balaban J connectivity index is 2.09. The first-order chi connectivity index (χ1) is 15.5. The van der Waals surface area contributed by atoms with Gasteiger partial charge in [-0.2, -0.15) is 18.4 Å². The molecule has 0 radical (unpaired) electrons. The van der Waals surface area contributed by atoms with Crippen LogP contribution in [0.3, 0.4) is 0 Å². The van der Waals surface area contributed by atoms with E-state index in [4.69, 9.17) is 0 Å². The third-order valence-electron chi connectivity index (χ3n) is 5.34. The lowest BCUT2D eigenvalue weighted by atomic mass is 9.88. The Morgan fingerprint density at radius 1 is 1.27 bits per heavy atom. The van der Waals surface area contributed by atoms with Gasteiger partial charge in [0.15, 0.2) is 0 Å². The van der Waals surface area contributed by atoms with Crippen LogP contribution in [-0.2, 0) is 22.4 Å². The maximum absolute atomic E-state index is 14.4. The lowest BCUT2D eigenvalue weighted by Gasteiger charge is -2.35. The molecule has 0 aliphatic heterocycles. The van der Waals surface area contributed by atoms with Crippen molar-refractivity contribution in [2.75, 3.05) is 11.9 Å². The molecule has 1 amide bonds. The van der Waals surface area contributed by atoms with Crippen molar-refractivity contribution >= 4 is 28.2 Å². The fourth-order valence-corrected chi connectivity index (χ4v) is 5.02. The van der Waals surface area contributed by atoms with Crippen LogP contribution in [0.5, 0.6) is 0 Å². The molecule has 1 aliphatic rings. The SMILES string of the molecule is CCOC(=O)[C@](NC(=O)c1ccc(F)cc1)(Nc1sc2c(c1C#N)CC[C@@H](C)C2)C(F)(F)F. The number of carbonyl (C=O) groups excluding carboxylic acids is 2. The van der Waals surface area contributed by atoms with E-state index in [0.717, 1.165) is 46.9 Å². The van der Waals surface area contributed by atoms with E-state index in [2.05, 4.69) is 10.1 Å². The maximum Gasteiger partial charge on any atom is 0.441 e. The second kappa shape index (κ2) is 9.39. The van der Waals surface area contributed by atoms with Crippen molar-refractivity contribution in [1.82, 2.24) is 5.32 Å². The number of amides is 1. The summed E-state index contributed by atoms with van der Waals surface area (Å²) in [5.41, 5.74) is -3.31. The van der Waals surface area contributed by atoms with Crippen molar-refractivity contribution in [2.24, 2.45) is 5.92 Å². The number of nitrogens with one attached hydrogen (secondary N) is 2. The standard InChI is InChI=1S/C22H21F4N3O3S/c1-3-32-20(31)21(22(24,25)26,28-18(30)13-5-7-14(23)8-6-13)29-19-16(11-27)15-9-4-12(2)10-17(15)33-19/h5-8,12,29H,3-4,9-10H2,1-2H3,(H,28,30)/t12-,21+/m1/s1. The zero-order valence-electron chi connectivity index (χ0n) is 17.8. The molecule has 0 unspecified atom stereocenters. The second-order valence-corrected chi connectivity index (χ2v) is 8.83. The molecule has 0 bridgehead atoms. The molecule has 11 heteroatoms. The molecule has 0 saturated heterocycles. The number of rotatable bonds is 6. The minimum absolute atomic E-state index is 0.0101. The smallest absolute Gasteiger partial charge is 0.441 e. The Morgan fingerprint density at radius 2 is 1.94 bits per heavy atom. The first-order valence-corrected chi connectivity index (χ1v) is 11.0. The fraction of sp³-hybridized carbons (Fsp3) is 0.409. The highest BCUT2D eigenvalue weighted by atomic mass is 32.1. The Kier molecular flexibility index (Phi) is 6.97. The summed E-state index contributed by atoms with van der Waals surface area (Å²) in [6.07, 6.45) is -3.45. The predicted molar refractivity (Wildman–Crippen MR) is 113 cm³/mol. The van der Waals surface area contributed by atoms with Gasteiger partial charge in [-0.15, -0.1) is 11.3 Å². The van der Waals surface area contributed by atoms with Gasteiger partial charge in [0.1, 0.15) is 16.9 Å². The Hall–Kier alpha value is -3.13. The molecule has 1 heterocycles. The summed E-state index contributed by atoms with van der Waals surface area (Å²) in [4.78, 5) is 26.1. The van der Waals surface area contributed by atoms with E-state index in [0.29, 0.717) is 24.3 Å². The van der Waals surface area contributed by atoms with Gasteiger partial charge in [-0.1, -0.05) is 6.92 Å². The summed E-state index contributed by atoms with van der Waals surface area (Å²) in [5.74, 6) is -3.45. The number of hydrogen-bond acceptors (Lipinski definition) is 6. The molecule has 0 spiro atoms. The summed E-state index contributed by atoms with van der Waals surface area (Å²) in [6, 6.07) is 5.72. The topological polar surface area (TPSA) is 91.2 Å². The molecule has 2 aromatic rings. The summed E-state index contributed by atoms with van der Waals surface area (Å²) in [6.45, 7) is 2.95. The van der Waals surface area contributed by atoms with Gasteiger partial charge < -0.3 is 15.4 Å². The quantitative estimate of drug-likeness (QED) is 0.358. The number of ether oxygens (including phenoxy) is 1. The van der Waals surface area contributed by atoms with Crippen LogP contribution < -0.4 is 10.6 Å². The molecule has 1 aromatic heterocycles. The second-order valence-electron chi connectivity index (χ2n) is 7.72. The van der Waals surface area contributed by atoms with Crippen LogP contribution in [0.2, 0.25) is 0 Å². The lowest BCUT2D eigenvalue weighted by Crippen LogP contribution is -2.69. The van der Waals surface area contributed by atoms with Crippen LogP contribution >= 0.6 is 11.3 Å². The van der Waals surface area contributed by atoms with Gasteiger partial charge >= 0.3 is 17.8 Å². The highest BCUT2D eigenvalue weighted by Crippen LogP contribution is 2.42. The van der Waals surface area contributed by atoms with Gasteiger partial charge in [-0.05, 0) is 61.9 Å². The van der Waals surface area contributed by atoms with Gasteiger partial charge in [0.25, 0.3) is 5.91 Å². The molecule has 176 valence electrons. The van der Waals surface area contributed by atoms with Crippen LogP contribution in [-0.4, -0.2) is 30.3 Å². The van der Waals surface area contributed by atoms with E-state index in [1.807, 2.05) is 13.0 Å². The molecule has 0 saturated carbocycles. The zero-order chi connectivity index (χ0) is 24.4. The van der Waals surface area contributed by atoms with E-state index in [9.17, 15) is 32.4 Å². The Morgan fingerprint density at radius 3 is 2.52 bits per heavy atom. The van der Waals surface area contributed by atoms with Gasteiger partial charge in [0.2, 0.25) is 0 Å². The number of alkyl halides is 3. The van der Waals surface area contributed by atoms with Crippen molar-refractivity contribution in [3.8, 4) is 6.07 Å². The normalized spacial score (nSPS) is 17.3. The molecule has 3 rings (SSSR count). The van der Waals surface area contributed by atoms with E-state index in [1.165, 1.54) is 6.92 Å². The average Bonchev–Trinajstić information content (AvgIpc) is 3.08. The van der Waals surface area contributed by atoms with Crippen LogP contribution in [0.25, 0.3) is 0 Å². The van der Waals surface area contributed by atoms with E-state index in [-0.39, 0.29) is 22.7 Å². The minimum atomic E-state index is -5.35. The number of thiophene rings is 1. The van der Waals surface area contributed by atoms with Crippen molar-refractivity contribution < 1.29 is 31.9 Å². The Bertz CT molecular complexity index is 1090. The minimum Gasteiger partial charge on any atom is -0.463 e. The number of nitrogens with zero attached hydrogens (tertiary/aromatic N) is 1. The number of anilines is 1. The number of hydrogen-bond donors (Lipinski definition) is 2. The first-order valence-electron chi connectivity index (χ1n) is 10.2. The predicted octanol–water partition coefficient (Wildman–Crippen LogP) is 4.55. The highest BCUT2D eigenvalue weighted by molar-refractivity contribution is 7.16. The van der Waals surface area contributed by atoms with Crippen molar-refractivity contribution in [3.63, 3.8) is 0 Å². The van der Waals surface area contributed by atoms with Gasteiger partial charge in [-0.25, -0.2) is 9.18 Å². The zero-order valence-corrected chi connectivity index (χ0v) is 18.6. The number of esters is 1. The molecule has 1 aromatic carbocycles. The molecule has 1 aliphatic carbocycles. The molecular weight excluding hydrogens is 462 g/mol. The number of carbonyl (C=O) groups is 2.